The van der Waals surface area contributed by atoms with Crippen molar-refractivity contribution in [2.24, 2.45) is 11.8 Å². The zero-order valence-corrected chi connectivity index (χ0v) is 27.7. The molecule has 0 saturated heterocycles. The smallest absolute Gasteiger partial charge is 0.339 e. The number of sulfonamides is 1. The first-order chi connectivity index (χ1) is 21.9. The molecule has 0 spiro atoms. The average Bonchev–Trinajstić information content (AvgIpc) is 3.03. The normalized spacial score (nSPS) is 27.2. The molecule has 2 N–H and O–H groups in total. The predicted octanol–water partition coefficient (Wildman–Crippen LogP) is 3.62. The summed E-state index contributed by atoms with van der Waals surface area (Å²) in [6, 6.07) is 13.9. The maximum atomic E-state index is 13.4. The highest BCUT2D eigenvalue weighted by Crippen LogP contribution is 2.17. The van der Waals surface area contributed by atoms with E-state index in [-0.39, 0.29) is 37.1 Å². The van der Waals surface area contributed by atoms with Crippen LogP contribution in [-0.2, 0) is 50.0 Å². The Bertz CT molecular complexity index is 1460. The van der Waals surface area contributed by atoms with E-state index in [4.69, 9.17) is 18.9 Å². The first-order valence-corrected chi connectivity index (χ1v) is 16.6. The summed E-state index contributed by atoms with van der Waals surface area (Å²) in [6.45, 7) is 6.67. The van der Waals surface area contributed by atoms with Gasteiger partial charge >= 0.3 is 11.9 Å². The molecule has 6 atom stereocenters. The van der Waals surface area contributed by atoms with Gasteiger partial charge in [0.25, 0.3) is 0 Å². The van der Waals surface area contributed by atoms with Gasteiger partial charge in [-0.3, -0.25) is 4.79 Å². The van der Waals surface area contributed by atoms with Gasteiger partial charge in [0.1, 0.15) is 19.3 Å². The minimum Gasteiger partial charge on any atom is -0.462 e. The highest BCUT2D eigenvalue weighted by molar-refractivity contribution is 7.89. The number of amides is 1. The predicted molar refractivity (Wildman–Crippen MR) is 172 cm³/mol. The van der Waals surface area contributed by atoms with E-state index in [0.29, 0.717) is 0 Å². The van der Waals surface area contributed by atoms with E-state index in [9.17, 15) is 22.8 Å². The molecule has 0 aliphatic carbocycles. The number of esters is 2. The molecule has 0 radical (unpaired) electrons. The van der Waals surface area contributed by atoms with Gasteiger partial charge in [-0.2, -0.15) is 0 Å². The summed E-state index contributed by atoms with van der Waals surface area (Å²) in [6.07, 6.45) is 4.72. The van der Waals surface area contributed by atoms with Crippen molar-refractivity contribution in [2.75, 3.05) is 20.3 Å². The van der Waals surface area contributed by atoms with Gasteiger partial charge in [-0.05, 0) is 43.5 Å². The molecule has 1 aliphatic rings. The van der Waals surface area contributed by atoms with Crippen LogP contribution in [0.1, 0.15) is 38.3 Å². The lowest BCUT2D eigenvalue weighted by atomic mass is 10.0. The highest BCUT2D eigenvalue weighted by atomic mass is 32.2. The summed E-state index contributed by atoms with van der Waals surface area (Å²) in [5.41, 5.74) is 1.74. The third-order valence-corrected chi connectivity index (χ3v) is 9.03. The van der Waals surface area contributed by atoms with Gasteiger partial charge in [0.15, 0.2) is 6.10 Å². The SMILES string of the molecule is CO[C@@H]1COC(=O)[C@H](C)NC(=O)C/C=C/[C@H](C)[C@@H](NS(=O)(=O)c2ccc(C)cc2)COC(=O)C(OCc2ccccc2)/C=C/[C@H]1C. The van der Waals surface area contributed by atoms with Crippen molar-refractivity contribution in [3.63, 3.8) is 0 Å². The number of cyclic esters (lactones) is 2. The molecule has 3 rings (SSSR count). The van der Waals surface area contributed by atoms with Crippen molar-refractivity contribution in [1.29, 1.82) is 0 Å². The zero-order chi connectivity index (χ0) is 33.7. The van der Waals surface area contributed by atoms with Gasteiger partial charge < -0.3 is 24.3 Å². The maximum absolute atomic E-state index is 13.4. The quantitative estimate of drug-likeness (QED) is 0.337. The Balaban J connectivity index is 1.91. The van der Waals surface area contributed by atoms with Crippen molar-refractivity contribution in [3.8, 4) is 0 Å². The molecule has 2 aromatic carbocycles. The Hall–Kier alpha value is -3.84. The Morgan fingerprint density at radius 3 is 2.22 bits per heavy atom. The number of methoxy groups -OCH3 is 1. The Kier molecular flexibility index (Phi) is 14.1. The molecule has 2 aromatic rings. The van der Waals surface area contributed by atoms with Crippen LogP contribution >= 0.6 is 0 Å². The Morgan fingerprint density at radius 2 is 1.54 bits per heavy atom. The van der Waals surface area contributed by atoms with E-state index in [1.54, 1.807) is 43.4 Å². The van der Waals surface area contributed by atoms with Crippen molar-refractivity contribution < 1.29 is 41.7 Å². The topological polar surface area (TPSA) is 146 Å². The second-order valence-electron chi connectivity index (χ2n) is 11.3. The highest BCUT2D eigenvalue weighted by Gasteiger charge is 2.28. The number of hydrogen-bond donors (Lipinski definition) is 2. The fourth-order valence-electron chi connectivity index (χ4n) is 4.50. The van der Waals surface area contributed by atoms with Crippen LogP contribution < -0.4 is 10.0 Å². The maximum Gasteiger partial charge on any atom is 0.339 e. The number of carbonyl (C=O) groups is 3. The molecular formula is C34H44N2O9S. The van der Waals surface area contributed by atoms with Gasteiger partial charge in [-0.15, -0.1) is 0 Å². The monoisotopic (exact) mass is 656 g/mol. The number of aryl methyl sites for hydroxylation is 1. The number of benzene rings is 2. The standard InChI is InChI=1S/C34H44N2O9S/c1-23-14-17-28(18-15-23)46(40,41)36-29-21-44-34(39)30(43-20-27-11-7-6-8-12-27)19-16-25(3)31(42-5)22-45-33(38)26(4)35-32(37)13-9-10-24(29)2/h6-12,14-19,24-26,29-31,36H,13,20-22H2,1-5H3,(H,35,37)/b10-9+,19-16+/t24-,25+,26-,29-,30?,31+/m0/s1. The van der Waals surface area contributed by atoms with Crippen LogP contribution in [0.15, 0.2) is 83.8 Å². The van der Waals surface area contributed by atoms with Crippen molar-refractivity contribution in [3.05, 3.63) is 90.0 Å². The molecule has 250 valence electrons. The van der Waals surface area contributed by atoms with E-state index in [0.717, 1.165) is 11.1 Å². The molecule has 1 aliphatic heterocycles. The van der Waals surface area contributed by atoms with Gasteiger partial charge in [-0.25, -0.2) is 22.7 Å². The summed E-state index contributed by atoms with van der Waals surface area (Å²) in [5.74, 6) is -2.60. The van der Waals surface area contributed by atoms with Crippen molar-refractivity contribution in [2.45, 2.75) is 69.9 Å². The van der Waals surface area contributed by atoms with Crippen molar-refractivity contribution in [1.82, 2.24) is 10.0 Å². The second-order valence-corrected chi connectivity index (χ2v) is 13.0. The summed E-state index contributed by atoms with van der Waals surface area (Å²) in [5, 5.41) is 2.60. The molecule has 1 amide bonds. The van der Waals surface area contributed by atoms with Crippen LogP contribution in [-0.4, -0.2) is 70.9 Å². The third-order valence-electron chi connectivity index (χ3n) is 7.52. The number of ether oxygens (including phenoxy) is 4. The van der Waals surface area contributed by atoms with Crippen LogP contribution in [0, 0.1) is 18.8 Å². The molecular weight excluding hydrogens is 612 g/mol. The van der Waals surface area contributed by atoms with Crippen LogP contribution in [0.5, 0.6) is 0 Å². The van der Waals surface area contributed by atoms with E-state index >= 15 is 0 Å². The largest absolute Gasteiger partial charge is 0.462 e. The number of hydrogen-bond acceptors (Lipinski definition) is 9. The molecule has 46 heavy (non-hydrogen) atoms. The second kappa shape index (κ2) is 17.7. The molecule has 0 aromatic heterocycles. The minimum atomic E-state index is -3.99. The van der Waals surface area contributed by atoms with Crippen LogP contribution in [0.4, 0.5) is 0 Å². The number of nitrogens with one attached hydrogen (secondary N) is 2. The molecule has 0 saturated carbocycles. The Labute approximate surface area is 271 Å². The fraction of sp³-hybridized carbons (Fsp3) is 0.441. The number of carbonyl (C=O) groups excluding carboxylic acids is 3. The van der Waals surface area contributed by atoms with Gasteiger partial charge in [0.05, 0.1) is 23.6 Å². The molecule has 1 heterocycles. The van der Waals surface area contributed by atoms with E-state index in [1.807, 2.05) is 44.2 Å². The van der Waals surface area contributed by atoms with Gasteiger partial charge in [-0.1, -0.05) is 80.1 Å². The van der Waals surface area contributed by atoms with Crippen LogP contribution in [0.2, 0.25) is 0 Å². The number of rotatable bonds is 7. The van der Waals surface area contributed by atoms with E-state index in [2.05, 4.69) is 10.0 Å². The van der Waals surface area contributed by atoms with E-state index in [1.165, 1.54) is 26.2 Å². The molecule has 11 nitrogen and oxygen atoms in total. The van der Waals surface area contributed by atoms with Crippen molar-refractivity contribution >= 4 is 27.9 Å². The molecule has 12 heteroatoms. The average molecular weight is 657 g/mol. The third kappa shape index (κ3) is 11.5. The fourth-order valence-corrected chi connectivity index (χ4v) is 5.81. The lowest BCUT2D eigenvalue weighted by molar-refractivity contribution is -0.155. The minimum absolute atomic E-state index is 0.0602. The van der Waals surface area contributed by atoms with Gasteiger partial charge in [0.2, 0.25) is 15.9 Å². The first kappa shape index (κ1) is 36.6. The van der Waals surface area contributed by atoms with Crippen LogP contribution in [0.25, 0.3) is 0 Å². The van der Waals surface area contributed by atoms with E-state index < -0.39 is 58.1 Å². The molecule has 1 unspecified atom stereocenters. The lowest BCUT2D eigenvalue weighted by Gasteiger charge is -2.24. The van der Waals surface area contributed by atoms with Gasteiger partial charge in [0, 0.05) is 19.4 Å². The summed E-state index contributed by atoms with van der Waals surface area (Å²) >= 11 is 0. The Morgan fingerprint density at radius 1 is 0.870 bits per heavy atom. The van der Waals surface area contributed by atoms with Crippen LogP contribution in [0.3, 0.4) is 0 Å². The summed E-state index contributed by atoms with van der Waals surface area (Å²) in [4.78, 5) is 38.6. The lowest BCUT2D eigenvalue weighted by Crippen LogP contribution is -2.43. The zero-order valence-electron chi connectivity index (χ0n) is 26.9. The summed E-state index contributed by atoms with van der Waals surface area (Å²) < 4.78 is 51.8. The molecule has 0 fully saturated rings. The molecule has 0 bridgehead atoms. The first-order valence-electron chi connectivity index (χ1n) is 15.1. The summed E-state index contributed by atoms with van der Waals surface area (Å²) in [7, 11) is -2.52.